The van der Waals surface area contributed by atoms with Gasteiger partial charge in [-0.3, -0.25) is 4.79 Å². The molecule has 0 radical (unpaired) electrons. The van der Waals surface area contributed by atoms with Crippen LogP contribution < -0.4 is 0 Å². The molecule has 0 saturated heterocycles. The Bertz CT molecular complexity index is 355. The first-order chi connectivity index (χ1) is 9.77. The third-order valence-electron chi connectivity index (χ3n) is 2.79. The molecule has 0 aliphatic heterocycles. The largest absolute Gasteiger partial charge is 0.396 e. The van der Waals surface area contributed by atoms with E-state index < -0.39 is 0 Å². The number of aliphatic hydroxyl groups is 1. The van der Waals surface area contributed by atoms with Crippen LogP contribution in [0.15, 0.2) is 0 Å². The number of hydrogen-bond donors (Lipinski definition) is 1. The highest BCUT2D eigenvalue weighted by atomic mass is 35.5. The van der Waals surface area contributed by atoms with Gasteiger partial charge in [0.2, 0.25) is 5.24 Å². The van der Waals surface area contributed by atoms with Crippen molar-refractivity contribution in [1.82, 2.24) is 0 Å². The quantitative estimate of drug-likeness (QED) is 0.375. The van der Waals surface area contributed by atoms with Gasteiger partial charge in [-0.2, -0.15) is 0 Å². The summed E-state index contributed by atoms with van der Waals surface area (Å²) in [6, 6.07) is 0. The average Bonchev–Trinajstić information content (AvgIpc) is 2.43. The summed E-state index contributed by atoms with van der Waals surface area (Å²) in [6.07, 6.45) is 10.6. The third kappa shape index (κ3) is 17.0. The molecule has 0 saturated carbocycles. The number of carbonyl (C=O) groups excluding carboxylic acids is 1. The lowest BCUT2D eigenvalue weighted by atomic mass is 10.1. The van der Waals surface area contributed by atoms with Crippen molar-refractivity contribution < 1.29 is 9.90 Å². The predicted octanol–water partition coefficient (Wildman–Crippen LogP) is 4.04. The molecule has 1 N–H and O–H groups in total. The fourth-order valence-electron chi connectivity index (χ4n) is 1.68. The minimum Gasteiger partial charge on any atom is -0.396 e. The Morgan fingerprint density at radius 2 is 1.20 bits per heavy atom. The van der Waals surface area contributed by atoms with Crippen LogP contribution in [0.25, 0.3) is 0 Å². The molecule has 0 aromatic rings. The number of rotatable bonds is 10. The molecule has 0 atom stereocenters. The van der Waals surface area contributed by atoms with Crippen molar-refractivity contribution in [3.8, 4) is 23.7 Å². The van der Waals surface area contributed by atoms with Gasteiger partial charge in [-0.1, -0.05) is 25.2 Å². The van der Waals surface area contributed by atoms with Crippen LogP contribution in [0, 0.1) is 23.7 Å². The fourth-order valence-corrected chi connectivity index (χ4v) is 1.75. The molecule has 0 rings (SSSR count). The number of unbranched alkanes of at least 4 members (excludes halogenated alkanes) is 8. The Kier molecular flexibility index (Phi) is 15.3. The van der Waals surface area contributed by atoms with Gasteiger partial charge < -0.3 is 5.11 Å². The van der Waals surface area contributed by atoms with Gasteiger partial charge in [0.25, 0.3) is 0 Å². The van der Waals surface area contributed by atoms with Gasteiger partial charge in [-0.15, -0.1) is 17.8 Å². The smallest absolute Gasteiger partial charge is 0.233 e. The molecule has 0 aliphatic rings. The standard InChI is InChI=1S/C17H25ClO2/c18-17(20)15-13-11-9-7-5-3-1-2-4-6-8-10-12-14-16-19/h19H,1,3,5-10,12,14-16H2. The highest BCUT2D eigenvalue weighted by molar-refractivity contribution is 6.63. The number of aliphatic hydroxyl groups excluding tert-OH is 1. The zero-order valence-electron chi connectivity index (χ0n) is 12.2. The number of carbonyl (C=O) groups is 1. The lowest BCUT2D eigenvalue weighted by Gasteiger charge is -1.94. The summed E-state index contributed by atoms with van der Waals surface area (Å²) < 4.78 is 0. The SMILES string of the molecule is O=C(Cl)CC#CCCCCCC#CCCCCCCO. The minimum atomic E-state index is -0.385. The van der Waals surface area contributed by atoms with Gasteiger partial charge in [0, 0.05) is 25.9 Å². The Morgan fingerprint density at radius 3 is 1.70 bits per heavy atom. The summed E-state index contributed by atoms with van der Waals surface area (Å²) in [6.45, 7) is 0.304. The molecular formula is C17H25ClO2. The van der Waals surface area contributed by atoms with Crippen LogP contribution in [0.2, 0.25) is 0 Å². The topological polar surface area (TPSA) is 37.3 Å². The molecule has 0 aliphatic carbocycles. The predicted molar refractivity (Wildman–Crippen MR) is 84.3 cm³/mol. The molecule has 112 valence electrons. The van der Waals surface area contributed by atoms with Gasteiger partial charge in [-0.05, 0) is 37.3 Å². The summed E-state index contributed by atoms with van der Waals surface area (Å²) in [4.78, 5) is 10.4. The van der Waals surface area contributed by atoms with Crippen LogP contribution >= 0.6 is 11.6 Å². The fraction of sp³-hybridized carbons (Fsp3) is 0.706. The molecule has 0 unspecified atom stereocenters. The van der Waals surface area contributed by atoms with E-state index >= 15 is 0 Å². The summed E-state index contributed by atoms with van der Waals surface area (Å²) in [7, 11) is 0. The van der Waals surface area contributed by atoms with Crippen molar-refractivity contribution in [1.29, 1.82) is 0 Å². The van der Waals surface area contributed by atoms with Crippen LogP contribution in [0.5, 0.6) is 0 Å². The molecule has 0 aromatic carbocycles. The summed E-state index contributed by atoms with van der Waals surface area (Å²) in [5.41, 5.74) is 0. The van der Waals surface area contributed by atoms with Gasteiger partial charge in [0.1, 0.15) is 0 Å². The molecule has 3 heteroatoms. The van der Waals surface area contributed by atoms with Gasteiger partial charge >= 0.3 is 0 Å². The van der Waals surface area contributed by atoms with Crippen molar-refractivity contribution in [2.75, 3.05) is 6.61 Å². The van der Waals surface area contributed by atoms with Crippen LogP contribution in [-0.4, -0.2) is 17.0 Å². The number of halogens is 1. The highest BCUT2D eigenvalue weighted by Crippen LogP contribution is 2.03. The summed E-state index contributed by atoms with van der Waals surface area (Å²) >= 11 is 5.17. The molecule has 0 heterocycles. The molecule has 2 nitrogen and oxygen atoms in total. The Labute approximate surface area is 128 Å². The maximum Gasteiger partial charge on any atom is 0.233 e. The molecular weight excluding hydrogens is 272 g/mol. The normalized spacial score (nSPS) is 9.30. The van der Waals surface area contributed by atoms with Crippen LogP contribution in [0.3, 0.4) is 0 Å². The second-order valence-electron chi connectivity index (χ2n) is 4.69. The molecule has 0 fully saturated rings. The maximum atomic E-state index is 10.4. The average molecular weight is 297 g/mol. The van der Waals surface area contributed by atoms with Gasteiger partial charge in [0.05, 0.1) is 6.42 Å². The molecule has 0 spiro atoms. The third-order valence-corrected chi connectivity index (χ3v) is 2.92. The van der Waals surface area contributed by atoms with Crippen LogP contribution in [0.4, 0.5) is 0 Å². The highest BCUT2D eigenvalue weighted by Gasteiger charge is 1.89. The van der Waals surface area contributed by atoms with Gasteiger partial charge in [0.15, 0.2) is 0 Å². The molecule has 0 bridgehead atoms. The van der Waals surface area contributed by atoms with Crippen molar-refractivity contribution in [3.05, 3.63) is 0 Å². The van der Waals surface area contributed by atoms with Crippen molar-refractivity contribution in [2.45, 2.75) is 70.6 Å². The van der Waals surface area contributed by atoms with E-state index in [1.54, 1.807) is 0 Å². The van der Waals surface area contributed by atoms with Crippen molar-refractivity contribution in [2.24, 2.45) is 0 Å². The van der Waals surface area contributed by atoms with Crippen LogP contribution in [0.1, 0.15) is 70.6 Å². The summed E-state index contributed by atoms with van der Waals surface area (Å²) in [5, 5.41) is 8.24. The molecule has 0 amide bonds. The molecule has 20 heavy (non-hydrogen) atoms. The first-order valence-corrected chi connectivity index (χ1v) is 7.86. The summed E-state index contributed by atoms with van der Waals surface area (Å²) in [5.74, 6) is 12.1. The monoisotopic (exact) mass is 296 g/mol. The Morgan fingerprint density at radius 1 is 0.750 bits per heavy atom. The van der Waals surface area contributed by atoms with Crippen molar-refractivity contribution >= 4 is 16.8 Å². The Balaban J connectivity index is 3.23. The maximum absolute atomic E-state index is 10.4. The lowest BCUT2D eigenvalue weighted by molar-refractivity contribution is -0.110. The van der Waals surface area contributed by atoms with E-state index in [0.717, 1.165) is 57.8 Å². The van der Waals surface area contributed by atoms with E-state index in [-0.39, 0.29) is 11.7 Å². The number of hydrogen-bond acceptors (Lipinski definition) is 2. The zero-order chi connectivity index (χ0) is 14.9. The van der Waals surface area contributed by atoms with E-state index in [0.29, 0.717) is 6.61 Å². The van der Waals surface area contributed by atoms with Crippen LogP contribution in [-0.2, 0) is 4.79 Å². The van der Waals surface area contributed by atoms with E-state index in [9.17, 15) is 4.79 Å². The van der Waals surface area contributed by atoms with E-state index in [2.05, 4.69) is 23.7 Å². The van der Waals surface area contributed by atoms with E-state index in [1.165, 1.54) is 6.42 Å². The zero-order valence-corrected chi connectivity index (χ0v) is 13.0. The van der Waals surface area contributed by atoms with Gasteiger partial charge in [-0.25, -0.2) is 0 Å². The minimum absolute atomic E-state index is 0.158. The second-order valence-corrected chi connectivity index (χ2v) is 5.11. The lowest BCUT2D eigenvalue weighted by Crippen LogP contribution is -1.82. The van der Waals surface area contributed by atoms with E-state index in [1.807, 2.05) is 0 Å². The van der Waals surface area contributed by atoms with Crippen molar-refractivity contribution in [3.63, 3.8) is 0 Å². The molecule has 0 aromatic heterocycles. The van der Waals surface area contributed by atoms with E-state index in [4.69, 9.17) is 16.7 Å². The first-order valence-electron chi connectivity index (χ1n) is 7.48. The second kappa shape index (κ2) is 16.1. The Hall–Kier alpha value is -0.960. The first kappa shape index (κ1) is 19.0.